The number of aromatic nitrogens is 2. The molecule has 0 saturated carbocycles. The number of aliphatic hydroxyl groups excluding tert-OH is 1. The fraction of sp³-hybridized carbons (Fsp3) is 0.500. The molecule has 0 bridgehead atoms. The fourth-order valence-electron chi connectivity index (χ4n) is 3.90. The summed E-state index contributed by atoms with van der Waals surface area (Å²) < 4.78 is 13.1. The summed E-state index contributed by atoms with van der Waals surface area (Å²) in [5, 5.41) is 9.86. The van der Waals surface area contributed by atoms with Crippen molar-refractivity contribution in [3.63, 3.8) is 0 Å². The zero-order chi connectivity index (χ0) is 25.0. The second kappa shape index (κ2) is 13.9. The third kappa shape index (κ3) is 8.38. The van der Waals surface area contributed by atoms with Crippen LogP contribution in [0.15, 0.2) is 42.7 Å². The van der Waals surface area contributed by atoms with Gasteiger partial charge in [0.15, 0.2) is 0 Å². The molecule has 8 nitrogen and oxygen atoms in total. The number of piperazine rings is 1. The highest BCUT2D eigenvalue weighted by atomic mass is 19.1. The summed E-state index contributed by atoms with van der Waals surface area (Å²) in [4.78, 5) is 30.7. The molecule has 3 rings (SSSR count). The summed E-state index contributed by atoms with van der Waals surface area (Å²) in [6, 6.07) is 6.13. The van der Waals surface area contributed by atoms with Crippen LogP contribution >= 0.6 is 0 Å². The molecule has 35 heavy (non-hydrogen) atoms. The van der Waals surface area contributed by atoms with Gasteiger partial charge in [0, 0.05) is 38.6 Å². The van der Waals surface area contributed by atoms with Crippen molar-refractivity contribution >= 4 is 17.9 Å². The van der Waals surface area contributed by atoms with Crippen molar-refractivity contribution in [2.75, 3.05) is 37.7 Å². The lowest BCUT2D eigenvalue weighted by atomic mass is 10.1. The van der Waals surface area contributed by atoms with Crippen LogP contribution in [0, 0.1) is 5.82 Å². The van der Waals surface area contributed by atoms with Crippen LogP contribution in [0.1, 0.15) is 55.5 Å². The second-order valence-corrected chi connectivity index (χ2v) is 8.81. The minimum Gasteiger partial charge on any atom is -0.394 e. The first-order valence-corrected chi connectivity index (χ1v) is 12.3. The van der Waals surface area contributed by atoms with E-state index in [-0.39, 0.29) is 30.5 Å². The number of hydroxylamine groups is 1. The van der Waals surface area contributed by atoms with E-state index in [1.54, 1.807) is 12.1 Å². The van der Waals surface area contributed by atoms with E-state index in [1.165, 1.54) is 24.5 Å². The largest absolute Gasteiger partial charge is 0.394 e. The molecule has 0 spiro atoms. The van der Waals surface area contributed by atoms with E-state index in [1.807, 2.05) is 19.1 Å². The van der Waals surface area contributed by atoms with Gasteiger partial charge < -0.3 is 10.0 Å². The Kier molecular flexibility index (Phi) is 10.6. The molecule has 0 aliphatic carbocycles. The molecule has 2 aromatic rings. The molecule has 2 unspecified atom stereocenters. The maximum absolute atomic E-state index is 13.1. The average molecular weight is 486 g/mol. The first kappa shape index (κ1) is 26.7. The Morgan fingerprint density at radius 2 is 1.86 bits per heavy atom. The number of unbranched alkanes of at least 4 members (excludes halogenated alkanes) is 2. The van der Waals surface area contributed by atoms with E-state index in [4.69, 9.17) is 4.84 Å². The van der Waals surface area contributed by atoms with Crippen LogP contribution in [-0.2, 0) is 4.84 Å². The predicted molar refractivity (Wildman–Crippen MR) is 134 cm³/mol. The Morgan fingerprint density at radius 3 is 2.49 bits per heavy atom. The number of anilines is 1. The van der Waals surface area contributed by atoms with E-state index in [2.05, 4.69) is 32.2 Å². The number of rotatable bonds is 12. The van der Waals surface area contributed by atoms with Crippen LogP contribution < -0.4 is 10.4 Å². The smallest absolute Gasteiger partial charge is 0.277 e. The van der Waals surface area contributed by atoms with Crippen LogP contribution in [-0.4, -0.2) is 70.8 Å². The highest BCUT2D eigenvalue weighted by Gasteiger charge is 2.23. The number of halogens is 1. The van der Waals surface area contributed by atoms with Crippen molar-refractivity contribution in [2.24, 2.45) is 0 Å². The molecular formula is C26H36FN5O3. The van der Waals surface area contributed by atoms with Crippen molar-refractivity contribution in [1.82, 2.24) is 20.3 Å². The fourth-order valence-corrected chi connectivity index (χ4v) is 3.90. The van der Waals surface area contributed by atoms with Crippen molar-refractivity contribution in [3.05, 3.63) is 59.7 Å². The van der Waals surface area contributed by atoms with Crippen LogP contribution in [0.2, 0.25) is 0 Å². The first-order chi connectivity index (χ1) is 17.0. The topological polar surface area (TPSA) is 90.8 Å². The average Bonchev–Trinajstić information content (AvgIpc) is 2.89. The number of carbonyl (C=O) groups excluding carboxylic acids is 1. The number of hydrogen-bond acceptors (Lipinski definition) is 7. The first-order valence-electron chi connectivity index (χ1n) is 12.3. The van der Waals surface area contributed by atoms with Gasteiger partial charge in [-0.05, 0) is 31.0 Å². The summed E-state index contributed by atoms with van der Waals surface area (Å²) >= 11 is 0. The maximum Gasteiger partial charge on any atom is 0.277 e. The van der Waals surface area contributed by atoms with Crippen LogP contribution in [0.5, 0.6) is 0 Å². The quantitative estimate of drug-likeness (QED) is 0.352. The molecule has 1 fully saturated rings. The second-order valence-electron chi connectivity index (χ2n) is 8.81. The van der Waals surface area contributed by atoms with Gasteiger partial charge in [0.2, 0.25) is 5.95 Å². The van der Waals surface area contributed by atoms with Crippen molar-refractivity contribution in [1.29, 1.82) is 0 Å². The molecule has 1 aromatic heterocycles. The van der Waals surface area contributed by atoms with Gasteiger partial charge in [0.25, 0.3) is 5.91 Å². The van der Waals surface area contributed by atoms with Gasteiger partial charge >= 0.3 is 0 Å². The van der Waals surface area contributed by atoms with Gasteiger partial charge in [-0.15, -0.1) is 0 Å². The Labute approximate surface area is 206 Å². The summed E-state index contributed by atoms with van der Waals surface area (Å²) in [6.45, 7) is 6.95. The summed E-state index contributed by atoms with van der Waals surface area (Å²) in [6.07, 6.45) is 11.1. The van der Waals surface area contributed by atoms with Gasteiger partial charge in [-0.1, -0.05) is 50.5 Å². The lowest BCUT2D eigenvalue weighted by molar-refractivity contribution is -0.0119. The molecule has 0 radical (unpaired) electrons. The van der Waals surface area contributed by atoms with Gasteiger partial charge in [-0.2, -0.15) is 0 Å². The SMILES string of the molecule is CCCCCC(C)ONC(=O)c1cnc(N2CCN(C(/C=C/c3ccc(F)cc3)CO)CC2)nc1. The third-order valence-corrected chi connectivity index (χ3v) is 6.10. The summed E-state index contributed by atoms with van der Waals surface area (Å²) in [5.74, 6) is -0.0616. The van der Waals surface area contributed by atoms with Crippen LogP contribution in [0.3, 0.4) is 0 Å². The Balaban J connectivity index is 1.46. The molecule has 2 heterocycles. The molecule has 1 aliphatic rings. The van der Waals surface area contributed by atoms with Gasteiger partial charge in [0.1, 0.15) is 5.82 Å². The third-order valence-electron chi connectivity index (χ3n) is 6.10. The maximum atomic E-state index is 13.1. The highest BCUT2D eigenvalue weighted by Crippen LogP contribution is 2.15. The zero-order valence-corrected chi connectivity index (χ0v) is 20.6. The van der Waals surface area contributed by atoms with Crippen LogP contribution in [0.4, 0.5) is 10.3 Å². The van der Waals surface area contributed by atoms with Gasteiger partial charge in [-0.25, -0.2) is 19.8 Å². The number of aliphatic hydroxyl groups is 1. The van der Waals surface area contributed by atoms with E-state index in [9.17, 15) is 14.3 Å². The van der Waals surface area contributed by atoms with E-state index >= 15 is 0 Å². The Hall–Kier alpha value is -2.88. The van der Waals surface area contributed by atoms with Gasteiger partial charge in [0.05, 0.1) is 24.3 Å². The lowest BCUT2D eigenvalue weighted by Gasteiger charge is -2.37. The minimum atomic E-state index is -0.359. The zero-order valence-electron chi connectivity index (χ0n) is 20.6. The van der Waals surface area contributed by atoms with Crippen molar-refractivity contribution < 1.29 is 19.1 Å². The van der Waals surface area contributed by atoms with Crippen molar-refractivity contribution in [3.8, 4) is 0 Å². The number of carbonyl (C=O) groups is 1. The van der Waals surface area contributed by atoms with Crippen LogP contribution in [0.25, 0.3) is 6.08 Å². The molecule has 1 amide bonds. The molecule has 1 saturated heterocycles. The monoisotopic (exact) mass is 485 g/mol. The van der Waals surface area contributed by atoms with E-state index in [0.717, 1.165) is 44.3 Å². The number of benzene rings is 1. The number of nitrogens with zero attached hydrogens (tertiary/aromatic N) is 4. The minimum absolute atomic E-state index is 0.00268. The molecule has 2 N–H and O–H groups in total. The Morgan fingerprint density at radius 1 is 1.17 bits per heavy atom. The normalized spacial score (nSPS) is 16.4. The Bertz CT molecular complexity index is 931. The molecular weight excluding hydrogens is 449 g/mol. The number of nitrogens with one attached hydrogen (secondary N) is 1. The number of amides is 1. The molecule has 2 atom stereocenters. The standard InChI is InChI=1S/C26H36FN5O3/c1-3-4-5-6-20(2)35-30-25(34)22-17-28-26(29-18-22)32-15-13-31(14-16-32)24(19-33)12-9-21-7-10-23(27)11-8-21/h7-12,17-18,20,24,33H,3-6,13-16,19H2,1-2H3,(H,30,34)/b12-9+. The molecule has 9 heteroatoms. The molecule has 1 aliphatic heterocycles. The molecule has 1 aromatic carbocycles. The highest BCUT2D eigenvalue weighted by molar-refractivity contribution is 5.92. The van der Waals surface area contributed by atoms with Gasteiger partial charge in [-0.3, -0.25) is 14.5 Å². The molecule has 190 valence electrons. The summed E-state index contributed by atoms with van der Waals surface area (Å²) in [5.41, 5.74) is 3.72. The predicted octanol–water partition coefficient (Wildman–Crippen LogP) is 3.44. The van der Waals surface area contributed by atoms with Crippen molar-refractivity contribution in [2.45, 2.75) is 51.7 Å². The summed E-state index contributed by atoms with van der Waals surface area (Å²) in [7, 11) is 0. The van der Waals surface area contributed by atoms with E-state index < -0.39 is 0 Å². The van der Waals surface area contributed by atoms with E-state index in [0.29, 0.717) is 24.6 Å². The lowest BCUT2D eigenvalue weighted by Crippen LogP contribution is -2.51. The number of hydrogen-bond donors (Lipinski definition) is 2.